The molecule has 4 nitrogen and oxygen atoms in total. The lowest BCUT2D eigenvalue weighted by Crippen LogP contribution is -2.06. The smallest absolute Gasteiger partial charge is 0.162 e. The van der Waals surface area contributed by atoms with E-state index in [1.807, 2.05) is 18.2 Å². The predicted molar refractivity (Wildman–Crippen MR) is 84.5 cm³/mol. The van der Waals surface area contributed by atoms with Crippen molar-refractivity contribution in [2.45, 2.75) is 6.42 Å². The monoisotopic (exact) mass is 307 g/mol. The topological polar surface area (TPSA) is 53.7 Å². The largest absolute Gasteiger partial charge is 0.493 e. The maximum atomic E-state index is 6.00. The van der Waals surface area contributed by atoms with Crippen molar-refractivity contribution < 1.29 is 14.2 Å². The van der Waals surface area contributed by atoms with E-state index in [1.165, 1.54) is 0 Å². The number of hydrogen-bond donors (Lipinski definition) is 1. The number of anilines is 1. The molecule has 0 atom stereocenters. The first-order chi connectivity index (χ1) is 10.2. The summed E-state index contributed by atoms with van der Waals surface area (Å²) < 4.78 is 16.5. The SMILES string of the molecule is COc1cc(N)ccc1OCCCOc1ccccc1Cl. The molecule has 2 aromatic carbocycles. The van der Waals surface area contributed by atoms with Crippen molar-refractivity contribution >= 4 is 17.3 Å². The van der Waals surface area contributed by atoms with E-state index in [1.54, 1.807) is 31.4 Å². The number of ether oxygens (including phenoxy) is 3. The van der Waals surface area contributed by atoms with Crippen LogP contribution in [0.25, 0.3) is 0 Å². The highest BCUT2D eigenvalue weighted by Crippen LogP contribution is 2.29. The molecule has 0 aromatic heterocycles. The van der Waals surface area contributed by atoms with E-state index in [2.05, 4.69) is 0 Å². The third kappa shape index (κ3) is 4.46. The van der Waals surface area contributed by atoms with E-state index in [4.69, 9.17) is 31.5 Å². The molecule has 0 heterocycles. The molecule has 0 amide bonds. The lowest BCUT2D eigenvalue weighted by molar-refractivity contribution is 0.240. The van der Waals surface area contributed by atoms with Crippen LogP contribution >= 0.6 is 11.6 Å². The van der Waals surface area contributed by atoms with Crippen molar-refractivity contribution in [3.8, 4) is 17.2 Å². The number of para-hydroxylation sites is 1. The minimum Gasteiger partial charge on any atom is -0.493 e. The number of halogens is 1. The van der Waals surface area contributed by atoms with E-state index in [9.17, 15) is 0 Å². The molecular formula is C16H18ClNO3. The molecule has 2 aromatic rings. The second-order valence-corrected chi connectivity index (χ2v) is 4.80. The van der Waals surface area contributed by atoms with Crippen molar-refractivity contribution in [1.82, 2.24) is 0 Å². The molecule has 2 rings (SSSR count). The summed E-state index contributed by atoms with van der Waals surface area (Å²) in [6, 6.07) is 12.7. The fourth-order valence-corrected chi connectivity index (χ4v) is 1.98. The van der Waals surface area contributed by atoms with Crippen LogP contribution in [0.4, 0.5) is 5.69 Å². The van der Waals surface area contributed by atoms with E-state index in [0.717, 1.165) is 6.42 Å². The van der Waals surface area contributed by atoms with Crippen molar-refractivity contribution in [3.05, 3.63) is 47.5 Å². The van der Waals surface area contributed by atoms with E-state index < -0.39 is 0 Å². The highest BCUT2D eigenvalue weighted by atomic mass is 35.5. The van der Waals surface area contributed by atoms with E-state index >= 15 is 0 Å². The Hall–Kier alpha value is -2.07. The lowest BCUT2D eigenvalue weighted by Gasteiger charge is -2.12. The number of hydrogen-bond acceptors (Lipinski definition) is 4. The average Bonchev–Trinajstić information content (AvgIpc) is 2.50. The third-order valence-corrected chi connectivity index (χ3v) is 3.14. The van der Waals surface area contributed by atoms with Crippen LogP contribution in [0.2, 0.25) is 5.02 Å². The molecule has 0 aliphatic rings. The Labute approximate surface area is 129 Å². The number of nitrogen functional groups attached to an aromatic ring is 1. The third-order valence-electron chi connectivity index (χ3n) is 2.83. The molecule has 0 bridgehead atoms. The molecule has 0 spiro atoms. The summed E-state index contributed by atoms with van der Waals surface area (Å²) in [6.07, 6.45) is 0.735. The molecule has 21 heavy (non-hydrogen) atoms. The molecule has 0 radical (unpaired) electrons. The normalized spacial score (nSPS) is 10.2. The Kier molecular flexibility index (Phi) is 5.58. The van der Waals surface area contributed by atoms with Crippen LogP contribution in [0.15, 0.2) is 42.5 Å². The second kappa shape index (κ2) is 7.64. The number of nitrogens with two attached hydrogens (primary N) is 1. The van der Waals surface area contributed by atoms with Gasteiger partial charge in [0.15, 0.2) is 11.5 Å². The van der Waals surface area contributed by atoms with Crippen molar-refractivity contribution in [1.29, 1.82) is 0 Å². The Bertz CT molecular complexity index is 589. The molecule has 5 heteroatoms. The second-order valence-electron chi connectivity index (χ2n) is 4.39. The van der Waals surface area contributed by atoms with E-state index in [0.29, 0.717) is 41.2 Å². The highest BCUT2D eigenvalue weighted by Gasteiger charge is 2.04. The summed E-state index contributed by atoms with van der Waals surface area (Å²) >= 11 is 6.00. The Morgan fingerprint density at radius 1 is 0.952 bits per heavy atom. The predicted octanol–water partition coefficient (Wildman–Crippen LogP) is 3.78. The number of benzene rings is 2. The molecule has 0 fully saturated rings. The van der Waals surface area contributed by atoms with Crippen molar-refractivity contribution in [2.75, 3.05) is 26.1 Å². The zero-order valence-electron chi connectivity index (χ0n) is 11.8. The first-order valence-electron chi connectivity index (χ1n) is 6.64. The van der Waals surface area contributed by atoms with Crippen LogP contribution < -0.4 is 19.9 Å². The summed E-state index contributed by atoms with van der Waals surface area (Å²) in [5.74, 6) is 1.98. The molecule has 112 valence electrons. The summed E-state index contributed by atoms with van der Waals surface area (Å²) in [6.45, 7) is 1.05. The Morgan fingerprint density at radius 3 is 2.38 bits per heavy atom. The first-order valence-corrected chi connectivity index (χ1v) is 7.02. The quantitative estimate of drug-likeness (QED) is 0.625. The maximum absolute atomic E-state index is 6.00. The van der Waals surface area contributed by atoms with Gasteiger partial charge >= 0.3 is 0 Å². The number of rotatable bonds is 7. The Balaban J connectivity index is 1.76. The molecular weight excluding hydrogens is 290 g/mol. The minimum atomic E-state index is 0.519. The van der Waals surface area contributed by atoms with Gasteiger partial charge in [0.2, 0.25) is 0 Å². The minimum absolute atomic E-state index is 0.519. The van der Waals surface area contributed by atoms with Crippen molar-refractivity contribution in [3.63, 3.8) is 0 Å². The molecule has 0 saturated carbocycles. The maximum Gasteiger partial charge on any atom is 0.162 e. The van der Waals surface area contributed by atoms with Gasteiger partial charge in [-0.25, -0.2) is 0 Å². The van der Waals surface area contributed by atoms with Crippen LogP contribution in [0.3, 0.4) is 0 Å². The summed E-state index contributed by atoms with van der Waals surface area (Å²) in [7, 11) is 1.59. The van der Waals surface area contributed by atoms with Gasteiger partial charge in [-0.05, 0) is 24.3 Å². The van der Waals surface area contributed by atoms with Gasteiger partial charge < -0.3 is 19.9 Å². The summed E-state index contributed by atoms with van der Waals surface area (Å²) in [5.41, 5.74) is 6.33. The van der Waals surface area contributed by atoms with Crippen molar-refractivity contribution in [2.24, 2.45) is 0 Å². The van der Waals surface area contributed by atoms with Gasteiger partial charge in [-0.1, -0.05) is 23.7 Å². The summed E-state index contributed by atoms with van der Waals surface area (Å²) in [4.78, 5) is 0. The summed E-state index contributed by atoms with van der Waals surface area (Å²) in [5, 5.41) is 0.610. The van der Waals surface area contributed by atoms with E-state index in [-0.39, 0.29) is 0 Å². The van der Waals surface area contributed by atoms with Gasteiger partial charge in [-0.2, -0.15) is 0 Å². The molecule has 2 N–H and O–H groups in total. The zero-order valence-corrected chi connectivity index (χ0v) is 12.6. The van der Waals surface area contributed by atoms with Gasteiger partial charge in [-0.15, -0.1) is 0 Å². The van der Waals surface area contributed by atoms with Crippen LogP contribution in [-0.4, -0.2) is 20.3 Å². The standard InChI is InChI=1S/C16H18ClNO3/c1-19-16-11-12(18)7-8-15(16)21-10-4-9-20-14-6-3-2-5-13(14)17/h2-3,5-8,11H,4,9-10,18H2,1H3. The Morgan fingerprint density at radius 2 is 1.67 bits per heavy atom. The zero-order chi connectivity index (χ0) is 15.1. The molecule has 0 unspecified atom stereocenters. The number of methoxy groups -OCH3 is 1. The van der Waals surface area contributed by atoms with Crippen LogP contribution in [-0.2, 0) is 0 Å². The van der Waals surface area contributed by atoms with Crippen LogP contribution in [0, 0.1) is 0 Å². The van der Waals surface area contributed by atoms with Gasteiger partial charge in [0.25, 0.3) is 0 Å². The first kappa shape index (κ1) is 15.3. The van der Waals surface area contributed by atoms with Crippen LogP contribution in [0.1, 0.15) is 6.42 Å². The fourth-order valence-electron chi connectivity index (χ4n) is 1.79. The molecule has 0 aliphatic carbocycles. The fraction of sp³-hybridized carbons (Fsp3) is 0.250. The molecule has 0 aliphatic heterocycles. The van der Waals surface area contributed by atoms with Gasteiger partial charge in [0.05, 0.1) is 25.3 Å². The van der Waals surface area contributed by atoms with Gasteiger partial charge in [0, 0.05) is 18.2 Å². The van der Waals surface area contributed by atoms with Gasteiger partial charge in [-0.3, -0.25) is 0 Å². The van der Waals surface area contributed by atoms with Gasteiger partial charge in [0.1, 0.15) is 5.75 Å². The van der Waals surface area contributed by atoms with Crippen LogP contribution in [0.5, 0.6) is 17.2 Å². The highest BCUT2D eigenvalue weighted by molar-refractivity contribution is 6.32. The average molecular weight is 308 g/mol. The lowest BCUT2D eigenvalue weighted by atomic mass is 10.3. The molecule has 0 saturated heterocycles.